The Balaban J connectivity index is 1.96. The number of hydrogen-bond donors (Lipinski definition) is 1. The van der Waals surface area contributed by atoms with Crippen molar-refractivity contribution in [2.45, 2.75) is 25.5 Å². The standard InChI is InChI=1S/C12H15BrFNO/c13-11-7-9(1-2-12(11)14)8-15-5-3-10(16)4-6-15/h1-2,7,10,16H,3-6,8H2. The van der Waals surface area contributed by atoms with E-state index < -0.39 is 0 Å². The summed E-state index contributed by atoms with van der Waals surface area (Å²) in [6.45, 7) is 2.65. The summed E-state index contributed by atoms with van der Waals surface area (Å²) in [4.78, 5) is 2.28. The molecule has 1 aliphatic rings. The molecule has 16 heavy (non-hydrogen) atoms. The van der Waals surface area contributed by atoms with Crippen LogP contribution in [0.3, 0.4) is 0 Å². The zero-order valence-electron chi connectivity index (χ0n) is 9.00. The van der Waals surface area contributed by atoms with Gasteiger partial charge in [0.25, 0.3) is 0 Å². The van der Waals surface area contributed by atoms with Gasteiger partial charge in [-0.05, 0) is 46.5 Å². The van der Waals surface area contributed by atoms with E-state index in [0.717, 1.165) is 38.0 Å². The Morgan fingerprint density at radius 1 is 1.38 bits per heavy atom. The van der Waals surface area contributed by atoms with Crippen molar-refractivity contribution in [3.05, 3.63) is 34.1 Å². The van der Waals surface area contributed by atoms with Crippen LogP contribution < -0.4 is 0 Å². The number of halogens is 2. The minimum Gasteiger partial charge on any atom is -0.393 e. The second-order valence-electron chi connectivity index (χ2n) is 4.26. The molecule has 1 aromatic carbocycles. The average Bonchev–Trinajstić information content (AvgIpc) is 2.27. The highest BCUT2D eigenvalue weighted by molar-refractivity contribution is 9.10. The van der Waals surface area contributed by atoms with Gasteiger partial charge >= 0.3 is 0 Å². The molecule has 4 heteroatoms. The van der Waals surface area contributed by atoms with Gasteiger partial charge in [-0.25, -0.2) is 4.39 Å². The monoisotopic (exact) mass is 287 g/mol. The molecule has 0 saturated carbocycles. The molecule has 0 radical (unpaired) electrons. The predicted molar refractivity (Wildman–Crippen MR) is 64.6 cm³/mol. The molecular weight excluding hydrogens is 273 g/mol. The number of likely N-dealkylation sites (tertiary alicyclic amines) is 1. The van der Waals surface area contributed by atoms with Crippen molar-refractivity contribution in [3.63, 3.8) is 0 Å². The summed E-state index contributed by atoms with van der Waals surface area (Å²) in [7, 11) is 0. The molecular formula is C12H15BrFNO. The van der Waals surface area contributed by atoms with Crippen LogP contribution in [0.4, 0.5) is 4.39 Å². The van der Waals surface area contributed by atoms with E-state index in [0.29, 0.717) is 4.47 Å². The van der Waals surface area contributed by atoms with Crippen LogP contribution in [0.2, 0.25) is 0 Å². The average molecular weight is 288 g/mol. The van der Waals surface area contributed by atoms with Crippen molar-refractivity contribution in [1.82, 2.24) is 4.90 Å². The smallest absolute Gasteiger partial charge is 0.137 e. The first-order chi connectivity index (χ1) is 7.65. The Hall–Kier alpha value is -0.450. The zero-order valence-corrected chi connectivity index (χ0v) is 10.6. The first kappa shape index (κ1) is 12.0. The molecule has 1 heterocycles. The van der Waals surface area contributed by atoms with Gasteiger partial charge in [0, 0.05) is 19.6 Å². The molecule has 0 aromatic heterocycles. The van der Waals surface area contributed by atoms with Gasteiger partial charge in [-0.15, -0.1) is 0 Å². The number of nitrogens with zero attached hydrogens (tertiary/aromatic N) is 1. The number of aliphatic hydroxyl groups excluding tert-OH is 1. The van der Waals surface area contributed by atoms with Gasteiger partial charge in [0.1, 0.15) is 5.82 Å². The zero-order chi connectivity index (χ0) is 11.5. The molecule has 1 aromatic rings. The highest BCUT2D eigenvalue weighted by atomic mass is 79.9. The summed E-state index contributed by atoms with van der Waals surface area (Å²) < 4.78 is 13.6. The van der Waals surface area contributed by atoms with Gasteiger partial charge in [-0.1, -0.05) is 6.07 Å². The summed E-state index contributed by atoms with van der Waals surface area (Å²) >= 11 is 3.19. The molecule has 2 nitrogen and oxygen atoms in total. The predicted octanol–water partition coefficient (Wildman–Crippen LogP) is 2.54. The van der Waals surface area contributed by atoms with Crippen LogP contribution in [-0.2, 0) is 6.54 Å². The third kappa shape index (κ3) is 3.03. The van der Waals surface area contributed by atoms with E-state index in [4.69, 9.17) is 0 Å². The van der Waals surface area contributed by atoms with Gasteiger partial charge in [-0.3, -0.25) is 4.90 Å². The quantitative estimate of drug-likeness (QED) is 0.904. The fourth-order valence-electron chi connectivity index (χ4n) is 1.97. The van der Waals surface area contributed by atoms with Crippen LogP contribution >= 0.6 is 15.9 Å². The van der Waals surface area contributed by atoms with Gasteiger partial charge < -0.3 is 5.11 Å². The van der Waals surface area contributed by atoms with Crippen molar-refractivity contribution in [2.75, 3.05) is 13.1 Å². The maximum Gasteiger partial charge on any atom is 0.137 e. The lowest BCUT2D eigenvalue weighted by atomic mass is 10.1. The molecule has 1 fully saturated rings. The van der Waals surface area contributed by atoms with Gasteiger partial charge in [0.15, 0.2) is 0 Å². The summed E-state index contributed by atoms with van der Waals surface area (Å²) in [6, 6.07) is 5.11. The molecule has 0 aliphatic carbocycles. The highest BCUT2D eigenvalue weighted by Gasteiger charge is 2.16. The third-order valence-electron chi connectivity index (χ3n) is 2.95. The summed E-state index contributed by atoms with van der Waals surface area (Å²) in [5.41, 5.74) is 1.10. The van der Waals surface area contributed by atoms with Crippen LogP contribution in [-0.4, -0.2) is 29.2 Å². The SMILES string of the molecule is OC1CCN(Cc2ccc(F)c(Br)c2)CC1. The Morgan fingerprint density at radius 2 is 2.06 bits per heavy atom. The molecule has 1 aliphatic heterocycles. The maximum atomic E-state index is 13.0. The Labute approximate surface area is 103 Å². The number of aliphatic hydroxyl groups is 1. The van der Waals surface area contributed by atoms with E-state index >= 15 is 0 Å². The van der Waals surface area contributed by atoms with E-state index in [1.807, 2.05) is 12.1 Å². The van der Waals surface area contributed by atoms with E-state index in [2.05, 4.69) is 20.8 Å². The highest BCUT2D eigenvalue weighted by Crippen LogP contribution is 2.19. The Kier molecular flexibility index (Phi) is 3.95. The van der Waals surface area contributed by atoms with Gasteiger partial charge in [0.2, 0.25) is 0 Å². The Bertz CT molecular complexity index is 364. The number of hydrogen-bond acceptors (Lipinski definition) is 2. The molecule has 88 valence electrons. The molecule has 0 spiro atoms. The topological polar surface area (TPSA) is 23.5 Å². The minimum absolute atomic E-state index is 0.142. The lowest BCUT2D eigenvalue weighted by Gasteiger charge is -2.29. The molecule has 0 unspecified atom stereocenters. The molecule has 0 atom stereocenters. The van der Waals surface area contributed by atoms with Crippen LogP contribution in [0.25, 0.3) is 0 Å². The van der Waals surface area contributed by atoms with Gasteiger partial charge in [0.05, 0.1) is 10.6 Å². The lowest BCUT2D eigenvalue weighted by Crippen LogP contribution is -2.35. The van der Waals surface area contributed by atoms with Crippen molar-refractivity contribution in [2.24, 2.45) is 0 Å². The van der Waals surface area contributed by atoms with Crippen molar-refractivity contribution in [1.29, 1.82) is 0 Å². The van der Waals surface area contributed by atoms with E-state index in [9.17, 15) is 9.50 Å². The first-order valence-electron chi connectivity index (χ1n) is 5.49. The lowest BCUT2D eigenvalue weighted by molar-refractivity contribution is 0.0792. The van der Waals surface area contributed by atoms with Crippen LogP contribution in [0.1, 0.15) is 18.4 Å². The van der Waals surface area contributed by atoms with Crippen LogP contribution in [0.5, 0.6) is 0 Å². The fourth-order valence-corrected chi connectivity index (χ4v) is 2.40. The molecule has 0 amide bonds. The van der Waals surface area contributed by atoms with E-state index in [-0.39, 0.29) is 11.9 Å². The normalized spacial score (nSPS) is 18.9. The van der Waals surface area contributed by atoms with Crippen molar-refractivity contribution >= 4 is 15.9 Å². The Morgan fingerprint density at radius 3 is 2.69 bits per heavy atom. The van der Waals surface area contributed by atoms with Crippen LogP contribution in [0, 0.1) is 5.82 Å². The van der Waals surface area contributed by atoms with Crippen molar-refractivity contribution < 1.29 is 9.50 Å². The van der Waals surface area contributed by atoms with E-state index in [1.54, 1.807) is 0 Å². The molecule has 1 N–H and O–H groups in total. The summed E-state index contributed by atoms with van der Waals surface area (Å²) in [6.07, 6.45) is 1.53. The number of rotatable bonds is 2. The van der Waals surface area contributed by atoms with Crippen LogP contribution in [0.15, 0.2) is 22.7 Å². The second-order valence-corrected chi connectivity index (χ2v) is 5.11. The summed E-state index contributed by atoms with van der Waals surface area (Å²) in [5, 5.41) is 9.39. The fraction of sp³-hybridized carbons (Fsp3) is 0.500. The molecule has 1 saturated heterocycles. The number of benzene rings is 1. The van der Waals surface area contributed by atoms with Crippen molar-refractivity contribution in [3.8, 4) is 0 Å². The minimum atomic E-state index is -0.224. The summed E-state index contributed by atoms with van der Waals surface area (Å²) in [5.74, 6) is -0.224. The maximum absolute atomic E-state index is 13.0. The first-order valence-corrected chi connectivity index (χ1v) is 6.29. The molecule has 0 bridgehead atoms. The van der Waals surface area contributed by atoms with E-state index in [1.165, 1.54) is 6.07 Å². The largest absolute Gasteiger partial charge is 0.393 e. The molecule has 2 rings (SSSR count). The number of piperidine rings is 1. The van der Waals surface area contributed by atoms with Gasteiger partial charge in [-0.2, -0.15) is 0 Å². The second kappa shape index (κ2) is 5.25. The third-order valence-corrected chi connectivity index (χ3v) is 3.55.